The van der Waals surface area contributed by atoms with Crippen LogP contribution in [0.5, 0.6) is 17.2 Å². The molecule has 1 saturated carbocycles. The van der Waals surface area contributed by atoms with Crippen molar-refractivity contribution in [1.29, 1.82) is 0 Å². The van der Waals surface area contributed by atoms with Gasteiger partial charge in [-0.1, -0.05) is 37.1 Å². The molecular weight excluding hydrogens is 418 g/mol. The van der Waals surface area contributed by atoms with Gasteiger partial charge in [0.1, 0.15) is 5.75 Å². The smallest absolute Gasteiger partial charge is 0.247 e. The van der Waals surface area contributed by atoms with E-state index in [-0.39, 0.29) is 17.9 Å². The molecule has 0 bridgehead atoms. The number of rotatable bonds is 6. The highest BCUT2D eigenvalue weighted by Crippen LogP contribution is 2.50. The zero-order valence-corrected chi connectivity index (χ0v) is 19.6. The summed E-state index contributed by atoms with van der Waals surface area (Å²) in [7, 11) is 4.84. The first-order valence-electron chi connectivity index (χ1n) is 11.6. The number of carbonyl (C=O) groups is 1. The highest BCUT2D eigenvalue weighted by molar-refractivity contribution is 5.92. The van der Waals surface area contributed by atoms with Crippen molar-refractivity contribution in [3.05, 3.63) is 59.7 Å². The van der Waals surface area contributed by atoms with Gasteiger partial charge in [-0.05, 0) is 49.1 Å². The quantitative estimate of drug-likeness (QED) is 0.649. The minimum absolute atomic E-state index is 0.0188. The van der Waals surface area contributed by atoms with Crippen LogP contribution in [0.1, 0.15) is 49.3 Å². The number of likely N-dealkylation sites (tertiary alicyclic amines) is 1. The molecule has 1 heterocycles. The van der Waals surface area contributed by atoms with Crippen LogP contribution in [0.4, 0.5) is 0 Å². The van der Waals surface area contributed by atoms with Crippen molar-refractivity contribution in [2.24, 2.45) is 5.92 Å². The van der Waals surface area contributed by atoms with Crippen molar-refractivity contribution >= 4 is 12.0 Å². The number of ether oxygens (including phenoxy) is 3. The molecule has 2 aliphatic rings. The second kappa shape index (κ2) is 9.87. The summed E-state index contributed by atoms with van der Waals surface area (Å²) in [5.41, 5.74) is 1.06. The highest BCUT2D eigenvalue weighted by Gasteiger charge is 2.50. The van der Waals surface area contributed by atoms with Gasteiger partial charge in [0.25, 0.3) is 0 Å². The Balaban J connectivity index is 1.66. The van der Waals surface area contributed by atoms with E-state index < -0.39 is 5.60 Å². The molecule has 33 heavy (non-hydrogen) atoms. The fourth-order valence-electron chi connectivity index (χ4n) is 5.44. The Bertz CT molecular complexity index is 1020. The summed E-state index contributed by atoms with van der Waals surface area (Å²) in [5.74, 6) is 1.91. The number of hydrogen-bond donors (Lipinski definition) is 1. The zero-order chi connectivity index (χ0) is 23.4. The maximum Gasteiger partial charge on any atom is 0.247 e. The first-order valence-corrected chi connectivity index (χ1v) is 11.6. The molecule has 2 aromatic rings. The molecule has 2 aromatic carbocycles. The van der Waals surface area contributed by atoms with Gasteiger partial charge in [-0.2, -0.15) is 0 Å². The maximum absolute atomic E-state index is 13.5. The van der Waals surface area contributed by atoms with Gasteiger partial charge in [0.15, 0.2) is 11.5 Å². The summed E-state index contributed by atoms with van der Waals surface area (Å²) >= 11 is 0. The van der Waals surface area contributed by atoms with E-state index in [0.717, 1.165) is 42.6 Å². The van der Waals surface area contributed by atoms with E-state index in [1.807, 2.05) is 47.4 Å². The van der Waals surface area contributed by atoms with E-state index in [2.05, 4.69) is 0 Å². The lowest BCUT2D eigenvalue weighted by molar-refractivity contribution is -0.151. The molecule has 1 N–H and O–H groups in total. The molecule has 6 heteroatoms. The van der Waals surface area contributed by atoms with E-state index in [1.54, 1.807) is 33.5 Å². The molecule has 1 amide bonds. The summed E-state index contributed by atoms with van der Waals surface area (Å²) in [5, 5.41) is 11.5. The van der Waals surface area contributed by atoms with Crippen molar-refractivity contribution < 1.29 is 24.1 Å². The first kappa shape index (κ1) is 23.2. The molecule has 1 aliphatic heterocycles. The second-order valence-electron chi connectivity index (χ2n) is 8.87. The number of aliphatic hydroxyl groups is 1. The van der Waals surface area contributed by atoms with Crippen LogP contribution in [0.15, 0.2) is 48.5 Å². The lowest BCUT2D eigenvalue weighted by Crippen LogP contribution is -2.56. The predicted octanol–water partition coefficient (Wildman–Crippen LogP) is 4.62. The minimum Gasteiger partial charge on any atom is -0.496 e. The van der Waals surface area contributed by atoms with Gasteiger partial charge in [-0.25, -0.2) is 0 Å². The summed E-state index contributed by atoms with van der Waals surface area (Å²) in [6.45, 7) is 0.505. The molecule has 2 fully saturated rings. The number of piperidine rings is 1. The predicted molar refractivity (Wildman–Crippen MR) is 128 cm³/mol. The molecule has 0 radical (unpaired) electrons. The fourth-order valence-corrected chi connectivity index (χ4v) is 5.44. The molecule has 0 spiro atoms. The number of hydrogen-bond acceptors (Lipinski definition) is 5. The third-order valence-electron chi connectivity index (χ3n) is 7.13. The summed E-state index contributed by atoms with van der Waals surface area (Å²) < 4.78 is 16.3. The molecule has 6 nitrogen and oxygen atoms in total. The molecule has 1 aliphatic carbocycles. The lowest BCUT2D eigenvalue weighted by atomic mass is 9.66. The van der Waals surface area contributed by atoms with Gasteiger partial charge < -0.3 is 24.2 Å². The molecule has 0 unspecified atom stereocenters. The van der Waals surface area contributed by atoms with Crippen LogP contribution >= 0.6 is 0 Å². The monoisotopic (exact) mass is 451 g/mol. The van der Waals surface area contributed by atoms with Gasteiger partial charge in [0.2, 0.25) is 5.91 Å². The highest BCUT2D eigenvalue weighted by atomic mass is 16.5. The third kappa shape index (κ3) is 4.58. The van der Waals surface area contributed by atoms with E-state index in [9.17, 15) is 9.90 Å². The average molecular weight is 452 g/mol. The van der Waals surface area contributed by atoms with Crippen LogP contribution in [0.3, 0.4) is 0 Å². The van der Waals surface area contributed by atoms with Gasteiger partial charge in [-0.3, -0.25) is 4.79 Å². The number of amides is 1. The Hall–Kier alpha value is -2.99. The van der Waals surface area contributed by atoms with Gasteiger partial charge in [-0.15, -0.1) is 0 Å². The Morgan fingerprint density at radius 3 is 2.52 bits per heavy atom. The van der Waals surface area contributed by atoms with Crippen LogP contribution in [-0.2, 0) is 4.79 Å². The number of benzene rings is 2. The standard InChI is InChI=1S/C27H33NO5/c1-31-22-10-5-4-8-20(22)26-21-9-6-7-15-27(21,30)16-17-28(26)25(29)14-12-19-11-13-23(32-2)24(18-19)33-3/h4-5,8,10-14,18,21,26,30H,6-7,9,15-17H2,1-3H3/b14-12+/t21-,26+,27+/m1/s1. The number of fused-ring (bicyclic) bond motifs is 1. The number of methoxy groups -OCH3 is 3. The lowest BCUT2D eigenvalue weighted by Gasteiger charge is -2.52. The zero-order valence-electron chi connectivity index (χ0n) is 19.6. The molecular formula is C27H33NO5. The molecule has 176 valence electrons. The third-order valence-corrected chi connectivity index (χ3v) is 7.13. The average Bonchev–Trinajstić information content (AvgIpc) is 2.86. The largest absolute Gasteiger partial charge is 0.496 e. The minimum atomic E-state index is -0.742. The van der Waals surface area contributed by atoms with E-state index in [4.69, 9.17) is 14.2 Å². The molecule has 3 atom stereocenters. The normalized spacial score (nSPS) is 24.9. The van der Waals surface area contributed by atoms with Gasteiger partial charge in [0, 0.05) is 24.1 Å². The van der Waals surface area contributed by atoms with Crippen molar-refractivity contribution in [3.8, 4) is 17.2 Å². The Kier molecular flexibility index (Phi) is 6.94. The summed E-state index contributed by atoms with van der Waals surface area (Å²) in [4.78, 5) is 15.4. The summed E-state index contributed by atoms with van der Waals surface area (Å²) in [6, 6.07) is 13.2. The first-order chi connectivity index (χ1) is 16.0. The van der Waals surface area contributed by atoms with Gasteiger partial charge in [0.05, 0.1) is 33.0 Å². The van der Waals surface area contributed by atoms with E-state index in [1.165, 1.54) is 0 Å². The van der Waals surface area contributed by atoms with Crippen molar-refractivity contribution in [2.45, 2.75) is 43.7 Å². The van der Waals surface area contributed by atoms with Crippen LogP contribution in [-0.4, -0.2) is 49.4 Å². The van der Waals surface area contributed by atoms with Crippen LogP contribution in [0.2, 0.25) is 0 Å². The van der Waals surface area contributed by atoms with Crippen LogP contribution in [0.25, 0.3) is 6.08 Å². The van der Waals surface area contributed by atoms with Crippen molar-refractivity contribution in [1.82, 2.24) is 4.90 Å². The second-order valence-corrected chi connectivity index (χ2v) is 8.87. The summed E-state index contributed by atoms with van der Waals surface area (Å²) in [6.07, 6.45) is 7.76. The van der Waals surface area contributed by atoms with Crippen molar-refractivity contribution in [2.75, 3.05) is 27.9 Å². The van der Waals surface area contributed by atoms with Crippen LogP contribution < -0.4 is 14.2 Å². The van der Waals surface area contributed by atoms with Crippen LogP contribution in [0, 0.1) is 5.92 Å². The number of para-hydroxylation sites is 1. The molecule has 4 rings (SSSR count). The Morgan fingerprint density at radius 1 is 1.00 bits per heavy atom. The Morgan fingerprint density at radius 2 is 1.76 bits per heavy atom. The molecule has 1 saturated heterocycles. The topological polar surface area (TPSA) is 68.2 Å². The number of nitrogens with zero attached hydrogens (tertiary/aromatic N) is 1. The Labute approximate surface area is 195 Å². The van der Waals surface area contributed by atoms with Gasteiger partial charge >= 0.3 is 0 Å². The van der Waals surface area contributed by atoms with Crippen molar-refractivity contribution in [3.63, 3.8) is 0 Å². The fraction of sp³-hybridized carbons (Fsp3) is 0.444. The van der Waals surface area contributed by atoms with E-state index in [0.29, 0.717) is 24.5 Å². The number of carbonyl (C=O) groups excluding carboxylic acids is 1. The molecule has 0 aromatic heterocycles. The van der Waals surface area contributed by atoms with E-state index >= 15 is 0 Å². The SMILES string of the molecule is COc1ccc(/C=C/C(=O)N2CC[C@@]3(O)CCCC[C@@H]3[C@@H]2c2ccccc2OC)cc1OC. The maximum atomic E-state index is 13.5.